The van der Waals surface area contributed by atoms with E-state index < -0.39 is 11.9 Å². The predicted molar refractivity (Wildman–Crippen MR) is 68.9 cm³/mol. The Morgan fingerprint density at radius 3 is 2.74 bits per heavy atom. The molecule has 0 bridgehead atoms. The molecule has 0 spiro atoms. The molecule has 0 fully saturated rings. The molecular weight excluding hydrogens is 248 g/mol. The van der Waals surface area contributed by atoms with E-state index in [1.54, 1.807) is 25.3 Å². The van der Waals surface area contributed by atoms with Gasteiger partial charge in [0.15, 0.2) is 0 Å². The highest BCUT2D eigenvalue weighted by atomic mass is 16.5. The summed E-state index contributed by atoms with van der Waals surface area (Å²) >= 11 is 0. The molecule has 0 saturated heterocycles. The highest BCUT2D eigenvalue weighted by molar-refractivity contribution is 5.72. The summed E-state index contributed by atoms with van der Waals surface area (Å²) in [6.45, 7) is 3.86. The van der Waals surface area contributed by atoms with Gasteiger partial charge in [0.05, 0.1) is 12.5 Å². The third-order valence-corrected chi connectivity index (χ3v) is 2.49. The van der Waals surface area contributed by atoms with Gasteiger partial charge in [0.2, 0.25) is 11.8 Å². The second-order valence-electron chi connectivity index (χ2n) is 4.28. The zero-order chi connectivity index (χ0) is 14.3. The molecule has 1 unspecified atom stereocenters. The van der Waals surface area contributed by atoms with Crippen LogP contribution in [-0.4, -0.2) is 35.1 Å². The zero-order valence-corrected chi connectivity index (χ0v) is 11.0. The van der Waals surface area contributed by atoms with Gasteiger partial charge in [-0.1, -0.05) is 13.0 Å². The first kappa shape index (κ1) is 14.9. The molecule has 0 aromatic carbocycles. The lowest BCUT2D eigenvalue weighted by Gasteiger charge is -2.08. The largest absolute Gasteiger partial charge is 0.481 e. The monoisotopic (exact) mass is 266 g/mol. The van der Waals surface area contributed by atoms with Crippen molar-refractivity contribution in [2.75, 3.05) is 13.2 Å². The Kier molecular flexibility index (Phi) is 5.78. The maximum absolute atomic E-state index is 10.7. The van der Waals surface area contributed by atoms with Crippen molar-refractivity contribution in [3.8, 4) is 5.88 Å². The normalized spacial score (nSPS) is 11.7. The van der Waals surface area contributed by atoms with Crippen LogP contribution in [0.2, 0.25) is 0 Å². The Morgan fingerprint density at radius 2 is 2.21 bits per heavy atom. The van der Waals surface area contributed by atoms with Gasteiger partial charge in [0.1, 0.15) is 6.61 Å². The summed E-state index contributed by atoms with van der Waals surface area (Å²) in [7, 11) is 0. The molecule has 1 aromatic rings. The molecule has 19 heavy (non-hydrogen) atoms. The number of amides is 1. The first-order valence-corrected chi connectivity index (χ1v) is 6.04. The number of nitrogens with zero attached hydrogens (tertiary/aromatic N) is 1. The fourth-order valence-electron chi connectivity index (χ4n) is 1.44. The van der Waals surface area contributed by atoms with E-state index in [4.69, 9.17) is 9.84 Å². The Balaban J connectivity index is 2.39. The molecule has 1 aromatic heterocycles. The molecular formula is C13H18N2O4. The zero-order valence-electron chi connectivity index (χ0n) is 11.0. The minimum atomic E-state index is -0.823. The summed E-state index contributed by atoms with van der Waals surface area (Å²) < 4.78 is 5.32. The van der Waals surface area contributed by atoms with Crippen molar-refractivity contribution in [3.05, 3.63) is 23.9 Å². The third kappa shape index (κ3) is 5.85. The number of carboxylic acid groups (broad SMARTS) is 1. The molecule has 6 nitrogen and oxygen atoms in total. The van der Waals surface area contributed by atoms with Gasteiger partial charge in [-0.25, -0.2) is 4.98 Å². The van der Waals surface area contributed by atoms with Crippen LogP contribution in [0.3, 0.4) is 0 Å². The molecule has 1 heterocycles. The number of aliphatic carboxylic acids is 1. The Morgan fingerprint density at radius 1 is 1.47 bits per heavy atom. The summed E-state index contributed by atoms with van der Waals surface area (Å²) in [5.41, 5.74) is 0.851. The average molecular weight is 266 g/mol. The third-order valence-electron chi connectivity index (χ3n) is 2.49. The van der Waals surface area contributed by atoms with E-state index >= 15 is 0 Å². The van der Waals surface area contributed by atoms with Crippen LogP contribution in [0.25, 0.3) is 0 Å². The molecule has 1 rings (SSSR count). The van der Waals surface area contributed by atoms with Gasteiger partial charge in [-0.3, -0.25) is 9.59 Å². The van der Waals surface area contributed by atoms with Crippen LogP contribution < -0.4 is 10.1 Å². The van der Waals surface area contributed by atoms with E-state index in [2.05, 4.69) is 10.3 Å². The summed E-state index contributed by atoms with van der Waals surface area (Å²) in [5, 5.41) is 11.4. The fraction of sp³-hybridized carbons (Fsp3) is 0.462. The number of pyridine rings is 1. The van der Waals surface area contributed by atoms with Crippen LogP contribution in [0.5, 0.6) is 5.88 Å². The SMILES string of the molecule is CC(=O)NCCOc1ccc(CC(C)C(=O)O)cn1. The van der Waals surface area contributed by atoms with Crippen molar-refractivity contribution < 1.29 is 19.4 Å². The predicted octanol–water partition coefficient (Wildman–Crippen LogP) is 0.860. The second-order valence-corrected chi connectivity index (χ2v) is 4.28. The van der Waals surface area contributed by atoms with Crippen molar-refractivity contribution in [3.63, 3.8) is 0 Å². The lowest BCUT2D eigenvalue weighted by molar-refractivity contribution is -0.141. The number of aromatic nitrogens is 1. The minimum Gasteiger partial charge on any atom is -0.481 e. The van der Waals surface area contributed by atoms with Gasteiger partial charge in [-0.2, -0.15) is 0 Å². The van der Waals surface area contributed by atoms with Gasteiger partial charge < -0.3 is 15.2 Å². The molecule has 2 N–H and O–H groups in total. The first-order valence-electron chi connectivity index (χ1n) is 6.04. The van der Waals surface area contributed by atoms with Gasteiger partial charge in [-0.15, -0.1) is 0 Å². The van der Waals surface area contributed by atoms with Crippen molar-refractivity contribution in [1.82, 2.24) is 10.3 Å². The van der Waals surface area contributed by atoms with Crippen LogP contribution in [0.1, 0.15) is 19.4 Å². The highest BCUT2D eigenvalue weighted by Gasteiger charge is 2.11. The van der Waals surface area contributed by atoms with Crippen LogP contribution in [0.15, 0.2) is 18.3 Å². The number of hydrogen-bond donors (Lipinski definition) is 2. The fourth-order valence-corrected chi connectivity index (χ4v) is 1.44. The van der Waals surface area contributed by atoms with Crippen molar-refractivity contribution in [1.29, 1.82) is 0 Å². The molecule has 0 saturated carbocycles. The Bertz CT molecular complexity index is 431. The number of carbonyl (C=O) groups is 2. The lowest BCUT2D eigenvalue weighted by atomic mass is 10.0. The number of rotatable bonds is 7. The summed E-state index contributed by atoms with van der Waals surface area (Å²) in [5.74, 6) is -0.907. The highest BCUT2D eigenvalue weighted by Crippen LogP contribution is 2.11. The summed E-state index contributed by atoms with van der Waals surface area (Å²) in [4.78, 5) is 25.4. The molecule has 104 valence electrons. The number of nitrogens with one attached hydrogen (secondary N) is 1. The quantitative estimate of drug-likeness (QED) is 0.714. The Hall–Kier alpha value is -2.11. The van der Waals surface area contributed by atoms with Crippen molar-refractivity contribution in [2.45, 2.75) is 20.3 Å². The number of hydrogen-bond acceptors (Lipinski definition) is 4. The molecule has 6 heteroatoms. The van der Waals surface area contributed by atoms with E-state index in [0.717, 1.165) is 5.56 Å². The first-order chi connectivity index (χ1) is 8.99. The van der Waals surface area contributed by atoms with Crippen LogP contribution >= 0.6 is 0 Å². The maximum atomic E-state index is 10.7. The van der Waals surface area contributed by atoms with E-state index in [0.29, 0.717) is 25.5 Å². The van der Waals surface area contributed by atoms with Crippen molar-refractivity contribution in [2.24, 2.45) is 5.92 Å². The molecule has 0 aliphatic rings. The van der Waals surface area contributed by atoms with E-state index in [9.17, 15) is 9.59 Å². The smallest absolute Gasteiger partial charge is 0.306 e. The van der Waals surface area contributed by atoms with Gasteiger partial charge in [-0.05, 0) is 12.0 Å². The Labute approximate surface area is 111 Å². The minimum absolute atomic E-state index is 0.102. The number of carboxylic acids is 1. The summed E-state index contributed by atoms with van der Waals surface area (Å²) in [6, 6.07) is 3.48. The molecule has 0 radical (unpaired) electrons. The van der Waals surface area contributed by atoms with Gasteiger partial charge in [0, 0.05) is 19.2 Å². The van der Waals surface area contributed by atoms with Crippen LogP contribution in [0.4, 0.5) is 0 Å². The summed E-state index contributed by atoms with van der Waals surface area (Å²) in [6.07, 6.45) is 2.04. The molecule has 0 aliphatic carbocycles. The van der Waals surface area contributed by atoms with Crippen LogP contribution in [-0.2, 0) is 16.0 Å². The standard InChI is InChI=1S/C13H18N2O4/c1-9(13(17)18)7-11-3-4-12(15-8-11)19-6-5-14-10(2)16/h3-4,8-9H,5-7H2,1-2H3,(H,14,16)(H,17,18). The maximum Gasteiger partial charge on any atom is 0.306 e. The molecule has 1 amide bonds. The molecule has 0 aliphatic heterocycles. The van der Waals surface area contributed by atoms with E-state index in [1.807, 2.05) is 0 Å². The molecule has 1 atom stereocenters. The van der Waals surface area contributed by atoms with Crippen molar-refractivity contribution >= 4 is 11.9 Å². The lowest BCUT2D eigenvalue weighted by Crippen LogP contribution is -2.25. The number of ether oxygens (including phenoxy) is 1. The number of carbonyl (C=O) groups excluding carboxylic acids is 1. The topological polar surface area (TPSA) is 88.5 Å². The van der Waals surface area contributed by atoms with Gasteiger partial charge >= 0.3 is 5.97 Å². The van der Waals surface area contributed by atoms with E-state index in [1.165, 1.54) is 6.92 Å². The van der Waals surface area contributed by atoms with Gasteiger partial charge in [0.25, 0.3) is 0 Å². The van der Waals surface area contributed by atoms with E-state index in [-0.39, 0.29) is 5.91 Å². The average Bonchev–Trinajstić information content (AvgIpc) is 2.36. The second kappa shape index (κ2) is 7.35. The van der Waals surface area contributed by atoms with Crippen LogP contribution in [0, 0.1) is 5.92 Å².